The maximum absolute atomic E-state index is 13.7. The Balaban J connectivity index is 1.90. The summed E-state index contributed by atoms with van der Waals surface area (Å²) in [6, 6.07) is 6.74. The molecule has 0 N–H and O–H groups in total. The van der Waals surface area contributed by atoms with Crippen molar-refractivity contribution in [2.24, 2.45) is 0 Å². The van der Waals surface area contributed by atoms with E-state index >= 15 is 0 Å². The van der Waals surface area contributed by atoms with Crippen LogP contribution in [-0.4, -0.2) is 9.55 Å². The van der Waals surface area contributed by atoms with Crippen LogP contribution in [0.15, 0.2) is 34.1 Å². The summed E-state index contributed by atoms with van der Waals surface area (Å²) in [7, 11) is 0. The van der Waals surface area contributed by atoms with Crippen molar-refractivity contribution in [1.82, 2.24) is 9.55 Å². The van der Waals surface area contributed by atoms with Crippen LogP contribution >= 0.6 is 11.8 Å². The second-order valence-electron chi connectivity index (χ2n) is 5.10. The number of thioether (sulfide) groups is 1. The molecule has 0 atom stereocenters. The van der Waals surface area contributed by atoms with Crippen LogP contribution in [0, 0.1) is 5.82 Å². The second-order valence-corrected chi connectivity index (χ2v) is 6.07. The Morgan fingerprint density at radius 2 is 2.14 bits per heavy atom. The van der Waals surface area contributed by atoms with Crippen molar-refractivity contribution in [1.29, 1.82) is 0 Å². The maximum Gasteiger partial charge on any atom is 0.348 e. The van der Waals surface area contributed by atoms with E-state index in [0.29, 0.717) is 17.9 Å². The number of benzene rings is 1. The van der Waals surface area contributed by atoms with Gasteiger partial charge in [-0.15, -0.1) is 11.8 Å². The Kier molecular flexibility index (Phi) is 4.10. The SMILES string of the molecule is CCn1c2c(c(SCc3ccccc3F)nc1=O)CCC2. The Hall–Kier alpha value is -1.62. The van der Waals surface area contributed by atoms with Gasteiger partial charge in [0.15, 0.2) is 0 Å². The van der Waals surface area contributed by atoms with E-state index in [1.807, 2.05) is 13.0 Å². The molecular weight excluding hydrogens is 287 g/mol. The molecule has 5 heteroatoms. The molecule has 2 aromatic rings. The van der Waals surface area contributed by atoms with Gasteiger partial charge in [0.1, 0.15) is 10.8 Å². The summed E-state index contributed by atoms with van der Waals surface area (Å²) in [4.78, 5) is 16.3. The molecule has 1 aliphatic rings. The average molecular weight is 304 g/mol. The lowest BCUT2D eigenvalue weighted by molar-refractivity contribution is 0.617. The molecular formula is C16H17FN2OS. The summed E-state index contributed by atoms with van der Waals surface area (Å²) in [6.45, 7) is 2.63. The number of aromatic nitrogens is 2. The van der Waals surface area contributed by atoms with Crippen LogP contribution in [0.3, 0.4) is 0 Å². The fourth-order valence-corrected chi connectivity index (χ4v) is 3.86. The molecule has 0 radical (unpaired) electrons. The molecule has 110 valence electrons. The number of halogens is 1. The van der Waals surface area contributed by atoms with Crippen molar-refractivity contribution in [3.8, 4) is 0 Å². The number of rotatable bonds is 4. The third-order valence-corrected chi connectivity index (χ3v) is 4.91. The molecule has 0 aliphatic heterocycles. The summed E-state index contributed by atoms with van der Waals surface area (Å²) in [5.41, 5.74) is 2.76. The first kappa shape index (κ1) is 14.3. The minimum absolute atomic E-state index is 0.186. The lowest BCUT2D eigenvalue weighted by atomic mass is 10.2. The summed E-state index contributed by atoms with van der Waals surface area (Å²) in [5.74, 6) is 0.297. The first-order chi connectivity index (χ1) is 10.2. The molecule has 3 nitrogen and oxygen atoms in total. The maximum atomic E-state index is 13.7. The fraction of sp³-hybridized carbons (Fsp3) is 0.375. The van der Waals surface area contributed by atoms with Crippen LogP contribution in [0.4, 0.5) is 4.39 Å². The molecule has 21 heavy (non-hydrogen) atoms. The highest BCUT2D eigenvalue weighted by Gasteiger charge is 2.21. The van der Waals surface area contributed by atoms with E-state index in [0.717, 1.165) is 30.0 Å². The smallest absolute Gasteiger partial charge is 0.296 e. The average Bonchev–Trinajstić information content (AvgIpc) is 2.95. The third-order valence-electron chi connectivity index (χ3n) is 3.84. The van der Waals surface area contributed by atoms with Gasteiger partial charge in [-0.25, -0.2) is 9.18 Å². The second kappa shape index (κ2) is 6.02. The van der Waals surface area contributed by atoms with E-state index in [4.69, 9.17) is 0 Å². The van der Waals surface area contributed by atoms with Gasteiger partial charge in [0.2, 0.25) is 0 Å². The van der Waals surface area contributed by atoms with Crippen LogP contribution in [0.1, 0.15) is 30.2 Å². The Morgan fingerprint density at radius 1 is 1.33 bits per heavy atom. The molecule has 1 aliphatic carbocycles. The molecule has 1 heterocycles. The molecule has 0 spiro atoms. The van der Waals surface area contributed by atoms with Crippen LogP contribution in [0.25, 0.3) is 0 Å². The normalized spacial score (nSPS) is 13.4. The molecule has 0 unspecified atom stereocenters. The highest BCUT2D eigenvalue weighted by molar-refractivity contribution is 7.98. The Labute approximate surface area is 127 Å². The molecule has 1 aromatic heterocycles. The summed E-state index contributed by atoms with van der Waals surface area (Å²) in [5, 5.41) is 0.778. The summed E-state index contributed by atoms with van der Waals surface area (Å²) in [6.07, 6.45) is 2.96. The quantitative estimate of drug-likeness (QED) is 0.643. The van der Waals surface area contributed by atoms with E-state index in [1.54, 1.807) is 16.7 Å². The number of fused-ring (bicyclic) bond motifs is 1. The van der Waals surface area contributed by atoms with Gasteiger partial charge in [-0.05, 0) is 37.8 Å². The standard InChI is InChI=1S/C16H17FN2OS/c1-2-19-14-9-5-7-12(14)15(18-16(19)20)21-10-11-6-3-4-8-13(11)17/h3-4,6,8H,2,5,7,9-10H2,1H3. The van der Waals surface area contributed by atoms with Crippen LogP contribution < -0.4 is 5.69 Å². The first-order valence-corrected chi connectivity index (χ1v) is 8.18. The van der Waals surface area contributed by atoms with Crippen LogP contribution in [0.2, 0.25) is 0 Å². The van der Waals surface area contributed by atoms with Crippen molar-refractivity contribution >= 4 is 11.8 Å². The lowest BCUT2D eigenvalue weighted by Gasteiger charge is -2.12. The van der Waals surface area contributed by atoms with Gasteiger partial charge in [-0.3, -0.25) is 4.57 Å². The van der Waals surface area contributed by atoms with E-state index in [1.165, 1.54) is 23.4 Å². The topological polar surface area (TPSA) is 34.9 Å². The van der Waals surface area contributed by atoms with Gasteiger partial charge in [0.25, 0.3) is 0 Å². The predicted molar refractivity (Wildman–Crippen MR) is 82.2 cm³/mol. The van der Waals surface area contributed by atoms with Crippen molar-refractivity contribution < 1.29 is 4.39 Å². The number of nitrogens with zero attached hydrogens (tertiary/aromatic N) is 2. The third kappa shape index (κ3) is 2.75. The zero-order valence-electron chi connectivity index (χ0n) is 11.9. The van der Waals surface area contributed by atoms with Crippen molar-refractivity contribution in [2.45, 2.75) is 43.5 Å². The van der Waals surface area contributed by atoms with Crippen molar-refractivity contribution in [3.63, 3.8) is 0 Å². The molecule has 0 bridgehead atoms. The van der Waals surface area contributed by atoms with Gasteiger partial charge in [-0.1, -0.05) is 18.2 Å². The Bertz CT molecular complexity index is 727. The largest absolute Gasteiger partial charge is 0.348 e. The predicted octanol–water partition coefficient (Wildman–Crippen LogP) is 3.18. The highest BCUT2D eigenvalue weighted by atomic mass is 32.2. The fourth-order valence-electron chi connectivity index (χ4n) is 2.79. The highest BCUT2D eigenvalue weighted by Crippen LogP contribution is 2.31. The number of hydrogen-bond donors (Lipinski definition) is 0. The Morgan fingerprint density at radius 3 is 2.90 bits per heavy atom. The van der Waals surface area contributed by atoms with E-state index in [-0.39, 0.29) is 11.5 Å². The minimum Gasteiger partial charge on any atom is -0.296 e. The molecule has 0 amide bonds. The van der Waals surface area contributed by atoms with Crippen LogP contribution in [0.5, 0.6) is 0 Å². The summed E-state index contributed by atoms with van der Waals surface area (Å²) >= 11 is 1.46. The molecule has 0 saturated carbocycles. The van der Waals surface area contributed by atoms with Gasteiger partial charge in [0.05, 0.1) is 0 Å². The summed E-state index contributed by atoms with van der Waals surface area (Å²) < 4.78 is 15.4. The zero-order valence-corrected chi connectivity index (χ0v) is 12.8. The van der Waals surface area contributed by atoms with E-state index in [2.05, 4.69) is 4.98 Å². The van der Waals surface area contributed by atoms with Gasteiger partial charge < -0.3 is 0 Å². The molecule has 0 fully saturated rings. The van der Waals surface area contributed by atoms with Crippen molar-refractivity contribution in [3.05, 3.63) is 57.4 Å². The van der Waals surface area contributed by atoms with Gasteiger partial charge in [0, 0.05) is 23.6 Å². The van der Waals surface area contributed by atoms with Crippen LogP contribution in [-0.2, 0) is 25.1 Å². The van der Waals surface area contributed by atoms with Crippen molar-refractivity contribution in [2.75, 3.05) is 0 Å². The monoisotopic (exact) mass is 304 g/mol. The molecule has 0 saturated heterocycles. The van der Waals surface area contributed by atoms with Gasteiger partial charge in [-0.2, -0.15) is 4.98 Å². The van der Waals surface area contributed by atoms with E-state index in [9.17, 15) is 9.18 Å². The number of hydrogen-bond acceptors (Lipinski definition) is 3. The molecule has 1 aromatic carbocycles. The van der Waals surface area contributed by atoms with E-state index < -0.39 is 0 Å². The lowest BCUT2D eigenvalue weighted by Crippen LogP contribution is -2.26. The first-order valence-electron chi connectivity index (χ1n) is 7.19. The van der Waals surface area contributed by atoms with Gasteiger partial charge >= 0.3 is 5.69 Å². The zero-order chi connectivity index (χ0) is 14.8. The minimum atomic E-state index is -0.205. The molecule has 3 rings (SSSR count).